The van der Waals surface area contributed by atoms with E-state index in [2.05, 4.69) is 10.3 Å². The first-order chi connectivity index (χ1) is 17.2. The largest absolute Gasteiger partial charge is 0.493 e. The molecule has 4 rings (SSSR count). The van der Waals surface area contributed by atoms with Gasteiger partial charge in [0.15, 0.2) is 6.04 Å². The first-order valence-electron chi connectivity index (χ1n) is 11.9. The van der Waals surface area contributed by atoms with E-state index in [1.54, 1.807) is 7.05 Å². The van der Waals surface area contributed by atoms with E-state index in [0.29, 0.717) is 24.8 Å². The van der Waals surface area contributed by atoms with E-state index in [1.165, 1.54) is 15.9 Å². The van der Waals surface area contributed by atoms with Crippen LogP contribution in [0.3, 0.4) is 0 Å². The molecule has 10 nitrogen and oxygen atoms in total. The van der Waals surface area contributed by atoms with Gasteiger partial charge in [-0.3, -0.25) is 24.1 Å². The first-order valence-corrected chi connectivity index (χ1v) is 12.3. The summed E-state index contributed by atoms with van der Waals surface area (Å²) in [5.74, 6) is -3.18. The first kappa shape index (κ1) is 26.0. The monoisotopic (exact) mass is 522 g/mol. The average Bonchev–Trinajstić information content (AvgIpc) is 3.04. The molecule has 1 aromatic rings. The number of amidine groups is 1. The number of ether oxygens (including phenoxy) is 2. The van der Waals surface area contributed by atoms with Crippen molar-refractivity contribution in [3.8, 4) is 5.75 Å². The maximum Gasteiger partial charge on any atom is 0.298 e. The number of hydrogen-bond donors (Lipinski definition) is 1. The second kappa shape index (κ2) is 10.9. The smallest absolute Gasteiger partial charge is 0.298 e. The minimum absolute atomic E-state index is 0.0738. The van der Waals surface area contributed by atoms with Crippen LogP contribution < -0.4 is 10.1 Å². The van der Waals surface area contributed by atoms with Crippen molar-refractivity contribution in [2.75, 3.05) is 26.9 Å². The molecule has 0 aliphatic carbocycles. The van der Waals surface area contributed by atoms with Crippen LogP contribution in [0.1, 0.15) is 38.2 Å². The van der Waals surface area contributed by atoms with Crippen molar-refractivity contribution in [1.82, 2.24) is 15.1 Å². The molecule has 0 saturated carbocycles. The van der Waals surface area contributed by atoms with E-state index >= 15 is 0 Å². The quantitative estimate of drug-likeness (QED) is 0.441. The van der Waals surface area contributed by atoms with Gasteiger partial charge in [-0.1, -0.05) is 18.5 Å². The molecule has 1 saturated heterocycles. The Morgan fingerprint density at radius 2 is 1.97 bits per heavy atom. The molecule has 1 N–H and O–H groups in total. The number of amides is 3. The van der Waals surface area contributed by atoms with Crippen molar-refractivity contribution in [3.63, 3.8) is 0 Å². The van der Waals surface area contributed by atoms with Crippen LogP contribution >= 0.6 is 11.6 Å². The van der Waals surface area contributed by atoms with Crippen molar-refractivity contribution in [3.05, 3.63) is 28.5 Å². The van der Waals surface area contributed by atoms with Gasteiger partial charge in [0.05, 0.1) is 30.9 Å². The van der Waals surface area contributed by atoms with Crippen LogP contribution in [0.25, 0.3) is 0 Å². The zero-order valence-corrected chi connectivity index (χ0v) is 20.8. The van der Waals surface area contributed by atoms with Crippen molar-refractivity contribution in [1.29, 1.82) is 0 Å². The van der Waals surface area contributed by atoms with E-state index in [1.807, 2.05) is 6.92 Å². The zero-order chi connectivity index (χ0) is 26.0. The van der Waals surface area contributed by atoms with Gasteiger partial charge in [0.25, 0.3) is 17.6 Å². The number of aliphatic imine (C=N–C) groups is 1. The van der Waals surface area contributed by atoms with Gasteiger partial charge in [-0.25, -0.2) is 9.38 Å². The Morgan fingerprint density at radius 1 is 1.19 bits per heavy atom. The highest BCUT2D eigenvalue weighted by molar-refractivity contribution is 6.46. The summed E-state index contributed by atoms with van der Waals surface area (Å²) in [5.41, 5.74) is 0.397. The van der Waals surface area contributed by atoms with Gasteiger partial charge in [-0.15, -0.1) is 0 Å². The molecule has 1 unspecified atom stereocenters. The van der Waals surface area contributed by atoms with Crippen molar-refractivity contribution in [2.24, 2.45) is 4.99 Å². The number of hydrogen-bond acceptors (Lipinski definition) is 7. The van der Waals surface area contributed by atoms with Gasteiger partial charge in [-0.2, -0.15) is 0 Å². The summed E-state index contributed by atoms with van der Waals surface area (Å²) in [6.07, 6.45) is 1.72. The molecule has 0 aromatic heterocycles. The number of likely N-dealkylation sites (N-methyl/N-ethyl adjacent to an activating group) is 1. The number of carbonyl (C=O) groups excluding carboxylic acids is 4. The summed E-state index contributed by atoms with van der Waals surface area (Å²) in [6, 6.07) is -0.364. The van der Waals surface area contributed by atoms with E-state index in [4.69, 9.17) is 21.1 Å². The Bertz CT molecular complexity index is 1110. The van der Waals surface area contributed by atoms with E-state index in [0.717, 1.165) is 6.07 Å². The third-order valence-electron chi connectivity index (χ3n) is 6.61. The van der Waals surface area contributed by atoms with Gasteiger partial charge in [0, 0.05) is 31.6 Å². The molecule has 3 aliphatic rings. The maximum absolute atomic E-state index is 14.1. The van der Waals surface area contributed by atoms with Gasteiger partial charge in [0.2, 0.25) is 5.91 Å². The standard InChI is InChI=1S/C24H28ClFN4O6/c1-3-14-11-35-12-17-22-28-20(21(32)24(34)30(14)22)23(33)27-10-13-8-15(25)16(26)9-18(13)36-7-5-4-6-19(31)29(17)2/h8-9,14,17,20H,3-7,10-12H2,1-2H3,(H,27,33)/t14-,17+,20?/m0/s1. The predicted octanol–water partition coefficient (Wildman–Crippen LogP) is 1.47. The molecule has 1 aromatic carbocycles. The molecule has 0 spiro atoms. The summed E-state index contributed by atoms with van der Waals surface area (Å²) < 4.78 is 25.5. The Balaban J connectivity index is 1.74. The minimum Gasteiger partial charge on any atom is -0.493 e. The molecule has 194 valence electrons. The highest BCUT2D eigenvalue weighted by Crippen LogP contribution is 2.27. The number of benzene rings is 1. The number of Topliss-reactive ketones (excluding diaryl/α,β-unsaturated/α-hetero) is 1. The lowest BCUT2D eigenvalue weighted by molar-refractivity contribution is -0.147. The van der Waals surface area contributed by atoms with Crippen LogP contribution in [-0.4, -0.2) is 84.1 Å². The highest BCUT2D eigenvalue weighted by atomic mass is 35.5. The minimum atomic E-state index is -1.63. The summed E-state index contributed by atoms with van der Waals surface area (Å²) in [6.45, 7) is 2.20. The van der Waals surface area contributed by atoms with Gasteiger partial charge < -0.3 is 19.7 Å². The molecule has 12 heteroatoms. The molecule has 3 atom stereocenters. The number of rotatable bonds is 1. The number of nitrogens with zero attached hydrogens (tertiary/aromatic N) is 3. The van der Waals surface area contributed by atoms with Crippen LogP contribution in [0.2, 0.25) is 5.02 Å². The second-order valence-corrected chi connectivity index (χ2v) is 9.35. The van der Waals surface area contributed by atoms with Gasteiger partial charge in [-0.05, 0) is 25.3 Å². The number of ketones is 1. The molecular weight excluding hydrogens is 495 g/mol. The SMILES string of the molecule is CC[C@H]1COC[C@@H]2C3=NC(C(=O)NCc4cc(Cl)c(F)cc4OCCCCC(=O)N2C)C(=O)C(=O)N31. The second-order valence-electron chi connectivity index (χ2n) is 8.95. The number of fused-ring (bicyclic) bond motifs is 2. The third kappa shape index (κ3) is 5.08. The van der Waals surface area contributed by atoms with Crippen molar-refractivity contribution < 1.29 is 33.0 Å². The number of carbonyl (C=O) groups is 4. The zero-order valence-electron chi connectivity index (χ0n) is 20.1. The fourth-order valence-electron chi connectivity index (χ4n) is 4.45. The summed E-state index contributed by atoms with van der Waals surface area (Å²) in [5, 5.41) is 2.44. The Labute approximate surface area is 212 Å². The normalized spacial score (nSPS) is 26.0. The van der Waals surface area contributed by atoms with Crippen LogP contribution in [0, 0.1) is 5.82 Å². The molecule has 0 radical (unpaired) electrons. The van der Waals surface area contributed by atoms with Crippen LogP contribution in [0.15, 0.2) is 17.1 Å². The van der Waals surface area contributed by atoms with Crippen LogP contribution in [0.5, 0.6) is 5.75 Å². The summed E-state index contributed by atoms with van der Waals surface area (Å²) in [7, 11) is 1.59. The Hall–Kier alpha value is -3.05. The topological polar surface area (TPSA) is 118 Å². The third-order valence-corrected chi connectivity index (χ3v) is 6.90. The average molecular weight is 523 g/mol. The number of halogens is 2. The predicted molar refractivity (Wildman–Crippen MR) is 127 cm³/mol. The Kier molecular flexibility index (Phi) is 7.89. The number of nitrogens with one attached hydrogen (secondary N) is 1. The Morgan fingerprint density at radius 3 is 2.72 bits per heavy atom. The fourth-order valence-corrected chi connectivity index (χ4v) is 4.64. The lowest BCUT2D eigenvalue weighted by Crippen LogP contribution is -2.61. The molecule has 36 heavy (non-hydrogen) atoms. The molecule has 1 fully saturated rings. The highest BCUT2D eigenvalue weighted by Gasteiger charge is 2.47. The maximum atomic E-state index is 14.1. The fraction of sp³-hybridized carbons (Fsp3) is 0.542. The van der Waals surface area contributed by atoms with Gasteiger partial charge in [0.1, 0.15) is 23.4 Å². The van der Waals surface area contributed by atoms with E-state index in [9.17, 15) is 23.6 Å². The van der Waals surface area contributed by atoms with Crippen molar-refractivity contribution in [2.45, 2.75) is 57.3 Å². The van der Waals surface area contributed by atoms with E-state index in [-0.39, 0.29) is 55.3 Å². The lowest BCUT2D eigenvalue weighted by Gasteiger charge is -2.37. The summed E-state index contributed by atoms with van der Waals surface area (Å²) >= 11 is 5.93. The molecular formula is C24H28ClFN4O6. The van der Waals surface area contributed by atoms with Gasteiger partial charge >= 0.3 is 0 Å². The van der Waals surface area contributed by atoms with Crippen LogP contribution in [-0.2, 0) is 30.5 Å². The molecule has 3 heterocycles. The molecule has 2 bridgehead atoms. The molecule has 3 aliphatic heterocycles. The van der Waals surface area contributed by atoms with E-state index < -0.39 is 41.5 Å². The summed E-state index contributed by atoms with van der Waals surface area (Å²) in [4.78, 5) is 59.4. The van der Waals surface area contributed by atoms with Crippen molar-refractivity contribution >= 4 is 40.9 Å². The molecule has 3 amide bonds. The lowest BCUT2D eigenvalue weighted by atomic mass is 10.0. The van der Waals surface area contributed by atoms with Crippen LogP contribution in [0.4, 0.5) is 4.39 Å².